The van der Waals surface area contributed by atoms with E-state index in [0.29, 0.717) is 5.92 Å². The Morgan fingerprint density at radius 3 is 2.42 bits per heavy atom. The molecule has 0 unspecified atom stereocenters. The maximum atomic E-state index is 11.0. The number of carbonyl (C=O) groups is 1. The van der Waals surface area contributed by atoms with Crippen LogP contribution in [-0.4, -0.2) is 42.4 Å². The third-order valence-corrected chi connectivity index (χ3v) is 4.26. The standard InChI is InChI=1S/C19H22N2O3/c1-13(2)16-11-17(14-3-5-15(6-4-14)19(22)23)20-18(12-16)21-7-9-24-10-8-21/h3-6,11-13H,7-10H2,1-2H3,(H,22,23). The van der Waals surface area contributed by atoms with Gasteiger partial charge in [0.2, 0.25) is 0 Å². The van der Waals surface area contributed by atoms with E-state index in [1.54, 1.807) is 12.1 Å². The van der Waals surface area contributed by atoms with Crippen LogP contribution in [0.5, 0.6) is 0 Å². The lowest BCUT2D eigenvalue weighted by atomic mass is 10.0. The Morgan fingerprint density at radius 2 is 1.83 bits per heavy atom. The van der Waals surface area contributed by atoms with E-state index in [1.165, 1.54) is 5.56 Å². The third-order valence-electron chi connectivity index (χ3n) is 4.26. The summed E-state index contributed by atoms with van der Waals surface area (Å²) >= 11 is 0. The van der Waals surface area contributed by atoms with Crippen LogP contribution in [0, 0.1) is 0 Å². The number of hydrogen-bond donors (Lipinski definition) is 1. The second-order valence-corrected chi connectivity index (χ2v) is 6.28. The summed E-state index contributed by atoms with van der Waals surface area (Å²) in [5, 5.41) is 9.04. The summed E-state index contributed by atoms with van der Waals surface area (Å²) in [6.07, 6.45) is 0. The van der Waals surface area contributed by atoms with Gasteiger partial charge in [-0.15, -0.1) is 0 Å². The summed E-state index contributed by atoms with van der Waals surface area (Å²) in [6.45, 7) is 7.44. The minimum atomic E-state index is -0.917. The predicted molar refractivity (Wildman–Crippen MR) is 93.8 cm³/mol. The summed E-state index contributed by atoms with van der Waals surface area (Å²) in [5.41, 5.74) is 3.31. The molecule has 1 aliphatic heterocycles. The second-order valence-electron chi connectivity index (χ2n) is 6.28. The zero-order valence-corrected chi connectivity index (χ0v) is 14.0. The molecule has 0 bridgehead atoms. The van der Waals surface area contributed by atoms with E-state index in [4.69, 9.17) is 14.8 Å². The molecule has 0 radical (unpaired) electrons. The summed E-state index contributed by atoms with van der Waals surface area (Å²) in [4.78, 5) is 18.1. The molecule has 1 aromatic heterocycles. The highest BCUT2D eigenvalue weighted by Gasteiger charge is 2.16. The van der Waals surface area contributed by atoms with Crippen molar-refractivity contribution in [1.82, 2.24) is 4.98 Å². The number of rotatable bonds is 4. The molecule has 5 nitrogen and oxygen atoms in total. The highest BCUT2D eigenvalue weighted by Crippen LogP contribution is 2.27. The van der Waals surface area contributed by atoms with Crippen molar-refractivity contribution in [3.05, 3.63) is 47.5 Å². The van der Waals surface area contributed by atoms with Gasteiger partial charge in [0.05, 0.1) is 24.5 Å². The third kappa shape index (κ3) is 3.57. The highest BCUT2D eigenvalue weighted by molar-refractivity contribution is 5.88. The molecule has 0 spiro atoms. The first kappa shape index (κ1) is 16.5. The van der Waals surface area contributed by atoms with Gasteiger partial charge in [0.1, 0.15) is 5.82 Å². The Balaban J connectivity index is 1.99. The van der Waals surface area contributed by atoms with E-state index in [9.17, 15) is 4.79 Å². The van der Waals surface area contributed by atoms with Crippen LogP contribution in [0.3, 0.4) is 0 Å². The fourth-order valence-corrected chi connectivity index (χ4v) is 2.76. The average Bonchev–Trinajstić information content (AvgIpc) is 2.62. The maximum absolute atomic E-state index is 11.0. The summed E-state index contributed by atoms with van der Waals surface area (Å²) < 4.78 is 5.42. The van der Waals surface area contributed by atoms with Crippen molar-refractivity contribution in [2.45, 2.75) is 19.8 Å². The molecule has 1 aromatic carbocycles. The van der Waals surface area contributed by atoms with E-state index < -0.39 is 5.97 Å². The maximum Gasteiger partial charge on any atom is 0.335 e. The fraction of sp³-hybridized carbons (Fsp3) is 0.368. The lowest BCUT2D eigenvalue weighted by molar-refractivity contribution is 0.0697. The predicted octanol–water partition coefficient (Wildman–Crippen LogP) is 3.41. The van der Waals surface area contributed by atoms with E-state index in [-0.39, 0.29) is 5.56 Å². The lowest BCUT2D eigenvalue weighted by Crippen LogP contribution is -2.36. The van der Waals surface area contributed by atoms with Gasteiger partial charge in [-0.05, 0) is 35.7 Å². The minimum absolute atomic E-state index is 0.284. The molecule has 5 heteroatoms. The van der Waals surface area contributed by atoms with Gasteiger partial charge in [0.15, 0.2) is 0 Å². The monoisotopic (exact) mass is 326 g/mol. The number of aromatic carboxylic acids is 1. The Kier molecular flexibility index (Phi) is 4.81. The number of anilines is 1. The molecule has 0 atom stereocenters. The van der Waals surface area contributed by atoms with Gasteiger partial charge in [-0.1, -0.05) is 26.0 Å². The molecule has 0 aliphatic carbocycles. The van der Waals surface area contributed by atoms with Crippen LogP contribution in [-0.2, 0) is 4.74 Å². The van der Waals surface area contributed by atoms with Crippen molar-refractivity contribution in [2.24, 2.45) is 0 Å². The molecule has 2 aromatic rings. The quantitative estimate of drug-likeness (QED) is 0.933. The first-order valence-electron chi connectivity index (χ1n) is 8.23. The SMILES string of the molecule is CC(C)c1cc(-c2ccc(C(=O)O)cc2)nc(N2CCOCC2)c1. The van der Waals surface area contributed by atoms with Crippen LogP contribution < -0.4 is 4.90 Å². The van der Waals surface area contributed by atoms with Crippen molar-refractivity contribution in [2.75, 3.05) is 31.2 Å². The van der Waals surface area contributed by atoms with Crippen molar-refractivity contribution in [3.63, 3.8) is 0 Å². The molecule has 1 saturated heterocycles. The van der Waals surface area contributed by atoms with Crippen molar-refractivity contribution in [1.29, 1.82) is 0 Å². The van der Waals surface area contributed by atoms with Crippen LogP contribution in [0.1, 0.15) is 35.7 Å². The summed E-state index contributed by atoms with van der Waals surface area (Å²) in [6, 6.07) is 11.1. The van der Waals surface area contributed by atoms with Crippen LogP contribution in [0.15, 0.2) is 36.4 Å². The topological polar surface area (TPSA) is 62.7 Å². The molecule has 1 N–H and O–H groups in total. The molecule has 3 rings (SSSR count). The van der Waals surface area contributed by atoms with E-state index in [0.717, 1.165) is 43.4 Å². The normalized spacial score (nSPS) is 14.9. The van der Waals surface area contributed by atoms with Gasteiger partial charge in [-0.25, -0.2) is 9.78 Å². The fourth-order valence-electron chi connectivity index (χ4n) is 2.76. The van der Waals surface area contributed by atoms with Gasteiger partial charge in [0, 0.05) is 18.7 Å². The molecular weight excluding hydrogens is 304 g/mol. The summed E-state index contributed by atoms with van der Waals surface area (Å²) in [7, 11) is 0. The largest absolute Gasteiger partial charge is 0.478 e. The number of ether oxygens (including phenoxy) is 1. The molecule has 1 fully saturated rings. The summed E-state index contributed by atoms with van der Waals surface area (Å²) in [5.74, 6) is 0.436. The number of carboxylic acid groups (broad SMARTS) is 1. The van der Waals surface area contributed by atoms with Gasteiger partial charge < -0.3 is 14.7 Å². The highest BCUT2D eigenvalue weighted by atomic mass is 16.5. The number of hydrogen-bond acceptors (Lipinski definition) is 4. The molecule has 0 amide bonds. The lowest BCUT2D eigenvalue weighted by Gasteiger charge is -2.29. The number of nitrogens with zero attached hydrogens (tertiary/aromatic N) is 2. The number of aromatic nitrogens is 1. The first-order valence-corrected chi connectivity index (χ1v) is 8.23. The van der Waals surface area contributed by atoms with E-state index >= 15 is 0 Å². The van der Waals surface area contributed by atoms with Gasteiger partial charge in [-0.2, -0.15) is 0 Å². The molecule has 1 aliphatic rings. The molecule has 0 saturated carbocycles. The van der Waals surface area contributed by atoms with E-state index in [2.05, 4.69) is 30.9 Å². The number of pyridine rings is 1. The van der Waals surface area contributed by atoms with Crippen LogP contribution in [0.2, 0.25) is 0 Å². The smallest absolute Gasteiger partial charge is 0.335 e. The average molecular weight is 326 g/mol. The Morgan fingerprint density at radius 1 is 1.17 bits per heavy atom. The zero-order valence-electron chi connectivity index (χ0n) is 14.0. The Hall–Kier alpha value is -2.40. The second kappa shape index (κ2) is 7.01. The first-order chi connectivity index (χ1) is 11.5. The molecule has 126 valence electrons. The van der Waals surface area contributed by atoms with Gasteiger partial charge in [0.25, 0.3) is 0 Å². The van der Waals surface area contributed by atoms with Crippen molar-refractivity contribution in [3.8, 4) is 11.3 Å². The Labute approximate surface area is 141 Å². The zero-order chi connectivity index (χ0) is 17.1. The van der Waals surface area contributed by atoms with Crippen LogP contribution >= 0.6 is 0 Å². The van der Waals surface area contributed by atoms with Gasteiger partial charge in [-0.3, -0.25) is 0 Å². The van der Waals surface area contributed by atoms with Gasteiger partial charge >= 0.3 is 5.97 Å². The molecule has 2 heterocycles. The van der Waals surface area contributed by atoms with Crippen molar-refractivity contribution < 1.29 is 14.6 Å². The molecule has 24 heavy (non-hydrogen) atoms. The number of benzene rings is 1. The Bertz CT molecular complexity index is 720. The van der Waals surface area contributed by atoms with E-state index in [1.807, 2.05) is 12.1 Å². The molecular formula is C19H22N2O3. The minimum Gasteiger partial charge on any atom is -0.478 e. The number of carboxylic acids is 1. The van der Waals surface area contributed by atoms with Crippen LogP contribution in [0.25, 0.3) is 11.3 Å². The van der Waals surface area contributed by atoms with Crippen LogP contribution in [0.4, 0.5) is 5.82 Å². The number of morpholine rings is 1. The van der Waals surface area contributed by atoms with Crippen molar-refractivity contribution >= 4 is 11.8 Å².